The molecule has 0 radical (unpaired) electrons. The molecule has 0 saturated carbocycles. The summed E-state index contributed by atoms with van der Waals surface area (Å²) in [5.74, 6) is -0.953. The van der Waals surface area contributed by atoms with Gasteiger partial charge in [0.15, 0.2) is 6.10 Å². The highest BCUT2D eigenvalue weighted by atomic mass is 16.6. The van der Waals surface area contributed by atoms with Crippen molar-refractivity contribution in [3.63, 3.8) is 0 Å². The van der Waals surface area contributed by atoms with Crippen molar-refractivity contribution in [2.24, 2.45) is 0 Å². The zero-order valence-corrected chi connectivity index (χ0v) is 52.2. The molecule has 0 aliphatic carbocycles. The number of hydrogen-bond acceptors (Lipinski definition) is 6. The first-order chi connectivity index (χ1) is 40.0. The van der Waals surface area contributed by atoms with Gasteiger partial charge in [-0.05, 0) is 128 Å². The van der Waals surface area contributed by atoms with Gasteiger partial charge in [-0.2, -0.15) is 0 Å². The van der Waals surface area contributed by atoms with Crippen molar-refractivity contribution in [3.8, 4) is 0 Å². The minimum absolute atomic E-state index is 0.0992. The number of allylic oxidation sites excluding steroid dienone is 26. The van der Waals surface area contributed by atoms with Crippen molar-refractivity contribution >= 4 is 17.9 Å². The average molecular weight is 1120 g/mol. The highest BCUT2D eigenvalue weighted by Crippen LogP contribution is 2.15. The summed E-state index contributed by atoms with van der Waals surface area (Å²) in [6, 6.07) is 0. The molecule has 1 unspecified atom stereocenters. The first-order valence-corrected chi connectivity index (χ1v) is 33.0. The number of unbranched alkanes of at least 4 members (excludes halogenated alkanes) is 21. The average Bonchev–Trinajstić information content (AvgIpc) is 3.47. The van der Waals surface area contributed by atoms with Crippen LogP contribution in [0.15, 0.2) is 158 Å². The lowest BCUT2D eigenvalue weighted by Gasteiger charge is -2.18. The maximum Gasteiger partial charge on any atom is 0.306 e. The second-order valence-electron chi connectivity index (χ2n) is 21.3. The zero-order valence-electron chi connectivity index (χ0n) is 52.2. The Bertz CT molecular complexity index is 1810. The first-order valence-electron chi connectivity index (χ1n) is 33.0. The van der Waals surface area contributed by atoms with E-state index in [1.165, 1.54) is 96.3 Å². The number of esters is 3. The van der Waals surface area contributed by atoms with Crippen molar-refractivity contribution in [2.45, 2.75) is 284 Å². The van der Waals surface area contributed by atoms with Gasteiger partial charge in [-0.15, -0.1) is 0 Å². The van der Waals surface area contributed by atoms with Gasteiger partial charge in [0.25, 0.3) is 0 Å². The van der Waals surface area contributed by atoms with Crippen molar-refractivity contribution in [1.82, 2.24) is 0 Å². The van der Waals surface area contributed by atoms with Gasteiger partial charge in [-0.25, -0.2) is 0 Å². The molecule has 0 saturated heterocycles. The summed E-state index contributed by atoms with van der Waals surface area (Å²) >= 11 is 0. The molecular weight excluding hydrogens is 997 g/mol. The van der Waals surface area contributed by atoms with Gasteiger partial charge in [0.05, 0.1) is 0 Å². The Kier molecular flexibility index (Phi) is 63.4. The SMILES string of the molecule is CC/C=C\C/C=C\C/C=C\C/C=C\C/C=C\C/C=C\C/C=C\CCCCCCCCCCCCCCCC(=O)OCC(COC(=O)CCCCCCCCC)OC(=O)CCCC/C=C\C/C=C\C/C=C\C/C=C\C/C=C\C/C=C\CC. The van der Waals surface area contributed by atoms with Crippen LogP contribution in [0.3, 0.4) is 0 Å². The molecule has 6 nitrogen and oxygen atoms in total. The summed E-state index contributed by atoms with van der Waals surface area (Å²) in [6.45, 7) is 6.33. The third-order valence-electron chi connectivity index (χ3n) is 13.5. The van der Waals surface area contributed by atoms with Crippen molar-refractivity contribution in [3.05, 3.63) is 158 Å². The van der Waals surface area contributed by atoms with E-state index in [2.05, 4.69) is 179 Å². The van der Waals surface area contributed by atoms with Crippen LogP contribution >= 0.6 is 0 Å². The second kappa shape index (κ2) is 67.5. The minimum atomic E-state index is -0.805. The quantitative estimate of drug-likeness (QED) is 0.0261. The summed E-state index contributed by atoms with van der Waals surface area (Å²) in [4.78, 5) is 38.1. The monoisotopic (exact) mass is 1120 g/mol. The predicted molar refractivity (Wildman–Crippen MR) is 352 cm³/mol. The van der Waals surface area contributed by atoms with E-state index in [9.17, 15) is 14.4 Å². The Labute approximate surface area is 499 Å². The number of carbonyl (C=O) groups is 3. The lowest BCUT2D eigenvalue weighted by atomic mass is 10.0. The lowest BCUT2D eigenvalue weighted by molar-refractivity contribution is -0.167. The van der Waals surface area contributed by atoms with Gasteiger partial charge in [-0.1, -0.05) is 288 Å². The molecule has 456 valence electrons. The van der Waals surface area contributed by atoms with Gasteiger partial charge >= 0.3 is 17.9 Å². The molecule has 0 fully saturated rings. The zero-order chi connectivity index (χ0) is 58.5. The largest absolute Gasteiger partial charge is 0.462 e. The second-order valence-corrected chi connectivity index (χ2v) is 21.3. The molecule has 0 aromatic heterocycles. The normalized spacial score (nSPS) is 13.2. The van der Waals surface area contributed by atoms with Crippen LogP contribution in [0.5, 0.6) is 0 Å². The van der Waals surface area contributed by atoms with Crippen LogP contribution in [0.2, 0.25) is 0 Å². The summed E-state index contributed by atoms with van der Waals surface area (Å²) < 4.78 is 16.8. The van der Waals surface area contributed by atoms with Crippen molar-refractivity contribution < 1.29 is 28.6 Å². The summed E-state index contributed by atoms with van der Waals surface area (Å²) in [6.07, 6.45) is 98.6. The van der Waals surface area contributed by atoms with Gasteiger partial charge in [0.2, 0.25) is 0 Å². The molecule has 0 N–H and O–H groups in total. The first kappa shape index (κ1) is 76.0. The summed E-state index contributed by atoms with van der Waals surface area (Å²) in [7, 11) is 0. The fourth-order valence-corrected chi connectivity index (χ4v) is 8.66. The molecular formula is C75H120O6. The van der Waals surface area contributed by atoms with Crippen LogP contribution < -0.4 is 0 Å². The fourth-order valence-electron chi connectivity index (χ4n) is 8.66. The number of ether oxygens (including phenoxy) is 3. The topological polar surface area (TPSA) is 78.9 Å². The highest BCUT2D eigenvalue weighted by molar-refractivity contribution is 5.71. The van der Waals surface area contributed by atoms with Crippen LogP contribution in [0, 0.1) is 0 Å². The Hall–Kier alpha value is -4.97. The molecule has 81 heavy (non-hydrogen) atoms. The molecule has 0 amide bonds. The van der Waals surface area contributed by atoms with E-state index in [1.54, 1.807) is 0 Å². The van der Waals surface area contributed by atoms with E-state index in [0.29, 0.717) is 19.3 Å². The molecule has 0 aromatic carbocycles. The molecule has 0 aliphatic rings. The Morgan fingerprint density at radius 1 is 0.259 bits per heavy atom. The van der Waals surface area contributed by atoms with E-state index in [1.807, 2.05) is 0 Å². The van der Waals surface area contributed by atoms with Gasteiger partial charge in [0.1, 0.15) is 13.2 Å². The molecule has 0 heterocycles. The molecule has 6 heteroatoms. The summed E-state index contributed by atoms with van der Waals surface area (Å²) in [5.41, 5.74) is 0. The lowest BCUT2D eigenvalue weighted by Crippen LogP contribution is -2.30. The van der Waals surface area contributed by atoms with E-state index in [4.69, 9.17) is 14.2 Å². The Morgan fingerprint density at radius 2 is 0.481 bits per heavy atom. The van der Waals surface area contributed by atoms with Crippen LogP contribution in [-0.2, 0) is 28.6 Å². The minimum Gasteiger partial charge on any atom is -0.462 e. The van der Waals surface area contributed by atoms with Crippen LogP contribution in [0.25, 0.3) is 0 Å². The standard InChI is InChI=1S/C75H120O6/c1-4-7-10-13-16-18-20-22-24-26-28-30-31-32-33-34-35-36-37-38-39-40-41-42-43-45-46-48-50-52-54-56-59-62-65-68-74(77)80-71-72(70-79-73(76)67-64-61-58-15-12-9-6-3)81-75(78)69-66-63-60-57-55-53-51-49-47-44-29-27-25-23-21-19-17-14-11-8-5-2/h7-8,10-11,16-19,22-25,28-30,32-33,35-36,38-39,44,49,51,55,57,72H,4-6,9,12-15,20-21,26-27,31,34,37,40-43,45-48,50,52-54,56,58-71H2,1-3H3/b10-7-,11-8-,18-16-,19-17-,24-22-,25-23-,30-28-,33-32-,36-35-,39-38-,44-29-,51-49-,57-55-. The maximum atomic E-state index is 12.8. The molecule has 0 spiro atoms. The third-order valence-corrected chi connectivity index (χ3v) is 13.5. The molecule has 0 bridgehead atoms. The Morgan fingerprint density at radius 3 is 0.778 bits per heavy atom. The van der Waals surface area contributed by atoms with Crippen molar-refractivity contribution in [1.29, 1.82) is 0 Å². The number of rotatable bonds is 58. The number of carbonyl (C=O) groups excluding carboxylic acids is 3. The van der Waals surface area contributed by atoms with E-state index in [0.717, 1.165) is 135 Å². The van der Waals surface area contributed by atoms with Crippen LogP contribution in [0.4, 0.5) is 0 Å². The van der Waals surface area contributed by atoms with Gasteiger partial charge in [0, 0.05) is 19.3 Å². The Balaban J connectivity index is 4.15. The molecule has 0 aromatic rings. The molecule has 1 atom stereocenters. The van der Waals surface area contributed by atoms with E-state index < -0.39 is 6.10 Å². The van der Waals surface area contributed by atoms with Gasteiger partial charge < -0.3 is 14.2 Å². The fraction of sp³-hybridized carbons (Fsp3) is 0.613. The molecule has 0 rings (SSSR count). The highest BCUT2D eigenvalue weighted by Gasteiger charge is 2.19. The summed E-state index contributed by atoms with van der Waals surface area (Å²) in [5, 5.41) is 0. The van der Waals surface area contributed by atoms with Crippen LogP contribution in [-0.4, -0.2) is 37.2 Å². The van der Waals surface area contributed by atoms with E-state index >= 15 is 0 Å². The van der Waals surface area contributed by atoms with Gasteiger partial charge in [-0.3, -0.25) is 14.4 Å². The van der Waals surface area contributed by atoms with Crippen molar-refractivity contribution in [2.75, 3.05) is 13.2 Å². The van der Waals surface area contributed by atoms with E-state index in [-0.39, 0.29) is 37.5 Å². The maximum absolute atomic E-state index is 12.8. The smallest absolute Gasteiger partial charge is 0.306 e. The van der Waals surface area contributed by atoms with Crippen LogP contribution in [0.1, 0.15) is 278 Å². The predicted octanol–water partition coefficient (Wildman–Crippen LogP) is 22.9. The third kappa shape index (κ3) is 65.7. The molecule has 0 aliphatic heterocycles. The number of hydrogen-bond donors (Lipinski definition) is 0.